The lowest BCUT2D eigenvalue weighted by Gasteiger charge is -2.21. The fourth-order valence-corrected chi connectivity index (χ4v) is 6.36. The molecule has 0 spiro atoms. The zero-order valence-electron chi connectivity index (χ0n) is 18.1. The number of hydrogen-bond acceptors (Lipinski definition) is 0. The second-order valence-electron chi connectivity index (χ2n) is 9.84. The van der Waals surface area contributed by atoms with E-state index in [-0.39, 0.29) is 5.41 Å². The molecule has 7 aromatic rings. The average molecular weight is 408 g/mol. The molecule has 1 aliphatic carbocycles. The van der Waals surface area contributed by atoms with Crippen LogP contribution in [0.25, 0.3) is 60.0 Å². The second kappa shape index (κ2) is 5.31. The Morgan fingerprint density at radius 1 is 0.531 bits per heavy atom. The van der Waals surface area contributed by atoms with Crippen LogP contribution in [0.15, 0.2) is 91.0 Å². The SMILES string of the molecule is CC1(C)c2ccccc2-c2cc3c4cccc5c6cc7ccccc7cc6n(c3cc21)c45. The monoisotopic (exact) mass is 407 g/mol. The first-order valence-corrected chi connectivity index (χ1v) is 11.4. The van der Waals surface area contributed by atoms with Gasteiger partial charge in [-0.3, -0.25) is 0 Å². The maximum Gasteiger partial charge on any atom is 0.0620 e. The first-order chi connectivity index (χ1) is 15.6. The molecule has 150 valence electrons. The Labute approximate surface area is 185 Å². The highest BCUT2D eigenvalue weighted by atomic mass is 14.9. The molecule has 1 aliphatic rings. The van der Waals surface area contributed by atoms with E-state index in [0.29, 0.717) is 0 Å². The van der Waals surface area contributed by atoms with Crippen molar-refractivity contribution >= 4 is 48.9 Å². The van der Waals surface area contributed by atoms with Crippen molar-refractivity contribution in [2.45, 2.75) is 19.3 Å². The second-order valence-corrected chi connectivity index (χ2v) is 9.84. The van der Waals surface area contributed by atoms with Crippen LogP contribution in [-0.4, -0.2) is 4.40 Å². The van der Waals surface area contributed by atoms with Crippen LogP contribution >= 0.6 is 0 Å². The lowest BCUT2D eigenvalue weighted by Crippen LogP contribution is -2.14. The molecule has 0 N–H and O–H groups in total. The largest absolute Gasteiger partial charge is 0.308 e. The standard InChI is InChI=1S/C31H21N/c1-31(2)26-13-6-5-10-20(26)23-16-25-22-12-7-11-21-24-14-18-8-3-4-9-19(18)15-28(24)32(30(21)22)29(25)17-27(23)31/h3-17H,1-2H3. The summed E-state index contributed by atoms with van der Waals surface area (Å²) in [5, 5.41) is 7.99. The van der Waals surface area contributed by atoms with Gasteiger partial charge in [0.2, 0.25) is 0 Å². The summed E-state index contributed by atoms with van der Waals surface area (Å²) in [5.74, 6) is 0. The Bertz CT molecular complexity index is 1900. The number of para-hydroxylation sites is 1. The van der Waals surface area contributed by atoms with Crippen molar-refractivity contribution in [2.24, 2.45) is 0 Å². The predicted octanol–water partition coefficient (Wildman–Crippen LogP) is 8.30. The third-order valence-electron chi connectivity index (χ3n) is 7.89. The Morgan fingerprint density at radius 2 is 1.19 bits per heavy atom. The number of aromatic nitrogens is 1. The molecule has 1 nitrogen and oxygen atoms in total. The summed E-state index contributed by atoms with van der Waals surface area (Å²) in [6.45, 7) is 4.73. The molecular weight excluding hydrogens is 386 g/mol. The molecule has 0 saturated heterocycles. The maximum atomic E-state index is 2.51. The molecule has 0 amide bonds. The number of nitrogens with zero attached hydrogens (tertiary/aromatic N) is 1. The van der Waals surface area contributed by atoms with Crippen molar-refractivity contribution in [1.29, 1.82) is 0 Å². The van der Waals surface area contributed by atoms with Gasteiger partial charge in [-0.25, -0.2) is 0 Å². The van der Waals surface area contributed by atoms with Crippen molar-refractivity contribution in [3.05, 3.63) is 102 Å². The molecule has 0 saturated carbocycles. The minimum Gasteiger partial charge on any atom is -0.308 e. The zero-order valence-corrected chi connectivity index (χ0v) is 18.1. The lowest BCUT2D eigenvalue weighted by molar-refractivity contribution is 0.661. The van der Waals surface area contributed by atoms with Gasteiger partial charge in [0.05, 0.1) is 16.6 Å². The van der Waals surface area contributed by atoms with E-state index >= 15 is 0 Å². The van der Waals surface area contributed by atoms with E-state index in [4.69, 9.17) is 0 Å². The van der Waals surface area contributed by atoms with E-state index in [0.717, 1.165) is 0 Å². The highest BCUT2D eigenvalue weighted by Crippen LogP contribution is 2.51. The maximum absolute atomic E-state index is 2.51. The van der Waals surface area contributed by atoms with Crippen LogP contribution in [0.1, 0.15) is 25.0 Å². The van der Waals surface area contributed by atoms with Gasteiger partial charge in [0.25, 0.3) is 0 Å². The summed E-state index contributed by atoms with van der Waals surface area (Å²) in [5.41, 5.74) is 9.62. The van der Waals surface area contributed by atoms with Crippen LogP contribution in [0, 0.1) is 0 Å². The van der Waals surface area contributed by atoms with Gasteiger partial charge in [-0.1, -0.05) is 80.6 Å². The van der Waals surface area contributed by atoms with Crippen molar-refractivity contribution in [3.8, 4) is 11.1 Å². The van der Waals surface area contributed by atoms with Crippen molar-refractivity contribution in [3.63, 3.8) is 0 Å². The Kier molecular flexibility index (Phi) is 2.79. The fraction of sp³-hybridized carbons (Fsp3) is 0.0968. The van der Waals surface area contributed by atoms with E-state index in [1.54, 1.807) is 0 Å². The summed E-state index contributed by atoms with van der Waals surface area (Å²) in [6.07, 6.45) is 0. The van der Waals surface area contributed by atoms with Gasteiger partial charge in [-0.2, -0.15) is 0 Å². The van der Waals surface area contributed by atoms with Crippen LogP contribution in [0.2, 0.25) is 0 Å². The van der Waals surface area contributed by atoms with Gasteiger partial charge < -0.3 is 4.40 Å². The molecule has 32 heavy (non-hydrogen) atoms. The highest BCUT2D eigenvalue weighted by molar-refractivity contribution is 6.25. The number of benzene rings is 5. The van der Waals surface area contributed by atoms with Crippen LogP contribution < -0.4 is 0 Å². The van der Waals surface area contributed by atoms with E-state index < -0.39 is 0 Å². The summed E-state index contributed by atoms with van der Waals surface area (Å²) in [4.78, 5) is 0. The summed E-state index contributed by atoms with van der Waals surface area (Å²) in [6, 6.07) is 34.1. The van der Waals surface area contributed by atoms with Crippen LogP contribution in [0.3, 0.4) is 0 Å². The molecule has 8 rings (SSSR count). The lowest BCUT2D eigenvalue weighted by atomic mass is 9.82. The van der Waals surface area contributed by atoms with Gasteiger partial charge in [-0.15, -0.1) is 0 Å². The fourth-order valence-electron chi connectivity index (χ4n) is 6.36. The Morgan fingerprint density at radius 3 is 2.00 bits per heavy atom. The van der Waals surface area contributed by atoms with Gasteiger partial charge in [0.15, 0.2) is 0 Å². The van der Waals surface area contributed by atoms with Gasteiger partial charge in [0, 0.05) is 27.0 Å². The molecule has 0 unspecified atom stereocenters. The summed E-state index contributed by atoms with van der Waals surface area (Å²) in [7, 11) is 0. The van der Waals surface area contributed by atoms with Gasteiger partial charge in [0.1, 0.15) is 0 Å². The average Bonchev–Trinajstić information content (AvgIpc) is 3.40. The molecule has 1 heteroatoms. The Balaban J connectivity index is 1.62. The van der Waals surface area contributed by atoms with E-state index in [1.807, 2.05) is 0 Å². The molecule has 0 atom stereocenters. The summed E-state index contributed by atoms with van der Waals surface area (Å²) < 4.78 is 2.51. The molecule has 0 aliphatic heterocycles. The molecule has 0 bridgehead atoms. The molecule has 2 aromatic heterocycles. The van der Waals surface area contributed by atoms with E-state index in [1.165, 1.54) is 71.1 Å². The number of rotatable bonds is 0. The number of hydrogen-bond donors (Lipinski definition) is 0. The third kappa shape index (κ3) is 1.79. The molecular formula is C31H21N. The van der Waals surface area contributed by atoms with E-state index in [9.17, 15) is 0 Å². The third-order valence-corrected chi connectivity index (χ3v) is 7.89. The molecule has 5 aromatic carbocycles. The smallest absolute Gasteiger partial charge is 0.0620 e. The van der Waals surface area contributed by atoms with Crippen molar-refractivity contribution < 1.29 is 0 Å². The van der Waals surface area contributed by atoms with Crippen molar-refractivity contribution in [2.75, 3.05) is 0 Å². The van der Waals surface area contributed by atoms with Gasteiger partial charge in [-0.05, 0) is 57.3 Å². The topological polar surface area (TPSA) is 4.41 Å². The molecule has 0 radical (unpaired) electrons. The minimum atomic E-state index is 0.00446. The summed E-state index contributed by atoms with van der Waals surface area (Å²) >= 11 is 0. The quantitative estimate of drug-likeness (QED) is 0.238. The first-order valence-electron chi connectivity index (χ1n) is 11.4. The number of fused-ring (bicyclic) bond motifs is 10. The normalized spacial score (nSPS) is 14.8. The highest BCUT2D eigenvalue weighted by Gasteiger charge is 2.36. The van der Waals surface area contributed by atoms with Crippen molar-refractivity contribution in [1.82, 2.24) is 4.40 Å². The molecule has 0 fully saturated rings. The van der Waals surface area contributed by atoms with Crippen LogP contribution in [0.5, 0.6) is 0 Å². The van der Waals surface area contributed by atoms with Crippen LogP contribution in [0.4, 0.5) is 0 Å². The van der Waals surface area contributed by atoms with E-state index in [2.05, 4.69) is 109 Å². The minimum absolute atomic E-state index is 0.00446. The Hall–Kier alpha value is -3.84. The predicted molar refractivity (Wildman–Crippen MR) is 136 cm³/mol. The van der Waals surface area contributed by atoms with Gasteiger partial charge >= 0.3 is 0 Å². The van der Waals surface area contributed by atoms with Crippen LogP contribution in [-0.2, 0) is 5.41 Å². The zero-order chi connectivity index (χ0) is 21.2. The first kappa shape index (κ1) is 16.8. The molecule has 2 heterocycles.